The maximum Gasteiger partial charge on any atom is 0.301 e. The van der Waals surface area contributed by atoms with Gasteiger partial charge in [-0.25, -0.2) is 4.39 Å². The Hall–Kier alpha value is -1.67. The van der Waals surface area contributed by atoms with Crippen LogP contribution in [0, 0.1) is 11.2 Å². The lowest BCUT2D eigenvalue weighted by molar-refractivity contribution is 0.414. The van der Waals surface area contributed by atoms with Crippen LogP contribution in [0.2, 0.25) is 0 Å². The van der Waals surface area contributed by atoms with E-state index in [0.29, 0.717) is 0 Å². The zero-order valence-corrected chi connectivity index (χ0v) is 11.8. The van der Waals surface area contributed by atoms with Crippen LogP contribution in [0.5, 0.6) is 0 Å². The van der Waals surface area contributed by atoms with Gasteiger partial charge in [-0.3, -0.25) is 10.1 Å². The van der Waals surface area contributed by atoms with Gasteiger partial charge in [0.2, 0.25) is 0 Å². The van der Waals surface area contributed by atoms with Crippen molar-refractivity contribution in [3.05, 3.63) is 29.6 Å². The largest absolute Gasteiger partial charge is 0.384 e. The van der Waals surface area contributed by atoms with Crippen LogP contribution in [0.3, 0.4) is 0 Å². The first kappa shape index (κ1) is 15.4. The molecule has 0 aromatic heterocycles. The zero-order chi connectivity index (χ0) is 14.8. The van der Waals surface area contributed by atoms with Gasteiger partial charge in [0.15, 0.2) is 0 Å². The maximum atomic E-state index is 13.6. The Balaban J connectivity index is 3.21. The minimum Gasteiger partial charge on any atom is -0.384 e. The van der Waals surface area contributed by atoms with Gasteiger partial charge >= 0.3 is 10.2 Å². The molecule has 0 fully saturated rings. The van der Waals surface area contributed by atoms with E-state index in [9.17, 15) is 12.8 Å². The Morgan fingerprint density at radius 1 is 1.47 bits per heavy atom. The molecule has 106 valence electrons. The third-order valence-corrected chi connectivity index (χ3v) is 4.29. The quantitative estimate of drug-likeness (QED) is 0.559. The van der Waals surface area contributed by atoms with Crippen LogP contribution in [0.1, 0.15) is 19.4 Å². The summed E-state index contributed by atoms with van der Waals surface area (Å²) < 4.78 is 40.9. The Morgan fingerprint density at radius 3 is 2.53 bits per heavy atom. The normalized spacial score (nSPS) is 11.9. The third-order valence-electron chi connectivity index (χ3n) is 2.63. The van der Waals surface area contributed by atoms with E-state index in [1.807, 2.05) is 0 Å². The Labute approximate surface area is 112 Å². The van der Waals surface area contributed by atoms with Crippen molar-refractivity contribution in [1.82, 2.24) is 4.31 Å². The van der Waals surface area contributed by atoms with Crippen molar-refractivity contribution in [2.24, 2.45) is 5.73 Å². The molecule has 6 nitrogen and oxygen atoms in total. The molecule has 0 aliphatic carbocycles. The van der Waals surface area contributed by atoms with Crippen molar-refractivity contribution < 1.29 is 12.8 Å². The fraction of sp³-hybridized carbons (Fsp3) is 0.364. The molecule has 0 spiro atoms. The number of rotatable bonds is 5. The molecule has 8 heteroatoms. The highest BCUT2D eigenvalue weighted by Gasteiger charge is 2.22. The number of amidine groups is 1. The van der Waals surface area contributed by atoms with E-state index in [0.717, 1.165) is 10.4 Å². The summed E-state index contributed by atoms with van der Waals surface area (Å²) in [6.45, 7) is 3.41. The van der Waals surface area contributed by atoms with Gasteiger partial charge in [0.1, 0.15) is 11.7 Å². The van der Waals surface area contributed by atoms with Gasteiger partial charge < -0.3 is 5.73 Å². The minimum absolute atomic E-state index is 0.0556. The summed E-state index contributed by atoms with van der Waals surface area (Å²) in [5, 5.41) is 7.31. The first-order valence-corrected chi connectivity index (χ1v) is 6.99. The number of hydrogen-bond acceptors (Lipinski definition) is 3. The molecule has 0 atom stereocenters. The van der Waals surface area contributed by atoms with E-state index in [1.54, 1.807) is 13.8 Å². The van der Waals surface area contributed by atoms with Crippen molar-refractivity contribution in [3.63, 3.8) is 0 Å². The van der Waals surface area contributed by atoms with Gasteiger partial charge in [-0.05, 0) is 26.0 Å². The molecule has 0 saturated carbocycles. The summed E-state index contributed by atoms with van der Waals surface area (Å²) in [6.07, 6.45) is 0. The van der Waals surface area contributed by atoms with Crippen LogP contribution in [0.15, 0.2) is 18.2 Å². The number of benzene rings is 1. The van der Waals surface area contributed by atoms with E-state index in [1.165, 1.54) is 19.2 Å². The molecule has 0 radical (unpaired) electrons. The first-order valence-electron chi connectivity index (χ1n) is 5.55. The average Bonchev–Trinajstić information content (AvgIpc) is 2.26. The summed E-state index contributed by atoms with van der Waals surface area (Å²) >= 11 is 0. The highest BCUT2D eigenvalue weighted by molar-refractivity contribution is 7.90. The number of nitrogens with two attached hydrogens (primary N) is 1. The number of nitrogens with zero attached hydrogens (tertiary/aromatic N) is 1. The van der Waals surface area contributed by atoms with Crippen molar-refractivity contribution in [1.29, 1.82) is 5.41 Å². The Morgan fingerprint density at radius 2 is 2.05 bits per heavy atom. The topological polar surface area (TPSA) is 99.3 Å². The SMILES string of the molecule is CC(C)N(C)S(=O)(=O)Nc1cccc(F)c1C(=N)N. The van der Waals surface area contributed by atoms with Crippen LogP contribution in [-0.2, 0) is 10.2 Å². The average molecular weight is 288 g/mol. The third kappa shape index (κ3) is 3.42. The van der Waals surface area contributed by atoms with E-state index in [2.05, 4.69) is 4.72 Å². The Kier molecular flexibility index (Phi) is 4.48. The van der Waals surface area contributed by atoms with Crippen molar-refractivity contribution in [2.45, 2.75) is 19.9 Å². The molecule has 19 heavy (non-hydrogen) atoms. The van der Waals surface area contributed by atoms with Gasteiger partial charge in [0, 0.05) is 13.1 Å². The monoisotopic (exact) mass is 288 g/mol. The van der Waals surface area contributed by atoms with E-state index in [4.69, 9.17) is 11.1 Å². The summed E-state index contributed by atoms with van der Waals surface area (Å²) in [6, 6.07) is 3.55. The number of nitrogen functional groups attached to an aromatic ring is 1. The van der Waals surface area contributed by atoms with Crippen LogP contribution in [-0.4, -0.2) is 31.6 Å². The highest BCUT2D eigenvalue weighted by atomic mass is 32.2. The lowest BCUT2D eigenvalue weighted by Gasteiger charge is -2.22. The summed E-state index contributed by atoms with van der Waals surface area (Å²) in [4.78, 5) is 0. The highest BCUT2D eigenvalue weighted by Crippen LogP contribution is 2.20. The molecule has 1 aromatic rings. The summed E-state index contributed by atoms with van der Waals surface area (Å²) in [7, 11) is -2.42. The molecule has 0 bridgehead atoms. The molecule has 0 aliphatic rings. The number of anilines is 1. The van der Waals surface area contributed by atoms with Gasteiger partial charge in [0.05, 0.1) is 11.3 Å². The van der Waals surface area contributed by atoms with Crippen LogP contribution < -0.4 is 10.5 Å². The van der Waals surface area contributed by atoms with Gasteiger partial charge in [0.25, 0.3) is 0 Å². The second-order valence-corrected chi connectivity index (χ2v) is 6.02. The fourth-order valence-electron chi connectivity index (χ4n) is 1.37. The van der Waals surface area contributed by atoms with Crippen molar-refractivity contribution in [3.8, 4) is 0 Å². The van der Waals surface area contributed by atoms with Gasteiger partial charge in [-0.15, -0.1) is 0 Å². The van der Waals surface area contributed by atoms with E-state index < -0.39 is 21.9 Å². The number of nitrogens with one attached hydrogen (secondary N) is 2. The molecule has 1 aromatic carbocycles. The van der Waals surface area contributed by atoms with Gasteiger partial charge in [-0.2, -0.15) is 12.7 Å². The smallest absolute Gasteiger partial charge is 0.301 e. The van der Waals surface area contributed by atoms with Crippen molar-refractivity contribution >= 4 is 21.7 Å². The van der Waals surface area contributed by atoms with Gasteiger partial charge in [-0.1, -0.05) is 6.07 Å². The standard InChI is InChI=1S/C11H17FN4O2S/c1-7(2)16(3)19(17,18)15-9-6-4-5-8(12)10(9)11(13)14/h4-7,15H,1-3H3,(H3,13,14). The van der Waals surface area contributed by atoms with Crippen molar-refractivity contribution in [2.75, 3.05) is 11.8 Å². The molecule has 1 rings (SSSR count). The Bertz CT molecular complexity index is 586. The zero-order valence-electron chi connectivity index (χ0n) is 10.9. The lowest BCUT2D eigenvalue weighted by atomic mass is 10.1. The molecule has 0 aliphatic heterocycles. The summed E-state index contributed by atoms with van der Waals surface area (Å²) in [5.74, 6) is -1.29. The minimum atomic E-state index is -3.82. The fourth-order valence-corrected chi connectivity index (χ4v) is 2.52. The molecule has 4 N–H and O–H groups in total. The molecule has 0 heterocycles. The van der Waals surface area contributed by atoms with E-state index >= 15 is 0 Å². The molecular weight excluding hydrogens is 271 g/mol. The second kappa shape index (κ2) is 5.54. The lowest BCUT2D eigenvalue weighted by Crippen LogP contribution is -2.38. The van der Waals surface area contributed by atoms with Crippen LogP contribution >= 0.6 is 0 Å². The number of halogens is 1. The maximum absolute atomic E-state index is 13.6. The first-order chi connectivity index (χ1) is 8.66. The summed E-state index contributed by atoms with van der Waals surface area (Å²) in [5.41, 5.74) is 4.95. The number of hydrogen-bond donors (Lipinski definition) is 3. The molecular formula is C11H17FN4O2S. The molecule has 0 unspecified atom stereocenters. The predicted molar refractivity (Wildman–Crippen MR) is 72.9 cm³/mol. The second-order valence-electron chi connectivity index (χ2n) is 4.29. The van der Waals surface area contributed by atoms with Crippen LogP contribution in [0.25, 0.3) is 0 Å². The van der Waals surface area contributed by atoms with Crippen LogP contribution in [0.4, 0.5) is 10.1 Å². The predicted octanol–water partition coefficient (Wildman–Crippen LogP) is 1.11. The molecule has 0 saturated heterocycles. The molecule has 0 amide bonds. The van der Waals surface area contributed by atoms with E-state index in [-0.39, 0.29) is 17.3 Å².